The van der Waals surface area contributed by atoms with Crippen LogP contribution in [0.3, 0.4) is 0 Å². The molecule has 0 amide bonds. The van der Waals surface area contributed by atoms with E-state index in [9.17, 15) is 12.8 Å². The second kappa shape index (κ2) is 4.29. The first-order chi connectivity index (χ1) is 8.87. The van der Waals surface area contributed by atoms with Crippen molar-refractivity contribution in [2.24, 2.45) is 0 Å². The van der Waals surface area contributed by atoms with Crippen molar-refractivity contribution in [2.75, 3.05) is 16.4 Å². The molecule has 1 aromatic carbocycles. The molecule has 1 aromatic rings. The molecule has 0 spiro atoms. The second-order valence-electron chi connectivity index (χ2n) is 4.67. The van der Waals surface area contributed by atoms with Crippen LogP contribution in [0, 0.1) is 5.82 Å². The quantitative estimate of drug-likeness (QED) is 0.791. The molecule has 2 saturated heterocycles. The molecule has 2 aliphatic rings. The summed E-state index contributed by atoms with van der Waals surface area (Å²) >= 11 is 10.8. The number of benzene rings is 1. The van der Waals surface area contributed by atoms with Crippen LogP contribution in [0.25, 0.3) is 0 Å². The Balaban J connectivity index is 1.99. The zero-order valence-electron chi connectivity index (χ0n) is 9.64. The summed E-state index contributed by atoms with van der Waals surface area (Å²) in [5.41, 5.74) is 0.518. The maximum atomic E-state index is 13.5. The molecule has 1 N–H and O–H groups in total. The third kappa shape index (κ3) is 2.19. The van der Waals surface area contributed by atoms with Crippen molar-refractivity contribution in [3.8, 4) is 0 Å². The molecule has 0 aliphatic carbocycles. The van der Waals surface area contributed by atoms with Crippen molar-refractivity contribution < 1.29 is 12.8 Å². The normalized spacial score (nSPS) is 28.3. The molecule has 4 nitrogen and oxygen atoms in total. The van der Waals surface area contributed by atoms with Crippen LogP contribution in [0.2, 0.25) is 5.02 Å². The Labute approximate surface area is 120 Å². The maximum Gasteiger partial charge on any atom is 0.174 e. The van der Waals surface area contributed by atoms with Crippen LogP contribution in [0.1, 0.15) is 0 Å². The highest BCUT2D eigenvalue weighted by molar-refractivity contribution is 7.91. The van der Waals surface area contributed by atoms with E-state index in [4.69, 9.17) is 23.8 Å². The van der Waals surface area contributed by atoms with Gasteiger partial charge in [-0.3, -0.25) is 0 Å². The van der Waals surface area contributed by atoms with Gasteiger partial charge in [-0.25, -0.2) is 12.8 Å². The Morgan fingerprint density at radius 2 is 2.16 bits per heavy atom. The predicted octanol–water partition coefficient (Wildman–Crippen LogP) is 1.34. The molecule has 3 rings (SSSR count). The zero-order valence-corrected chi connectivity index (χ0v) is 12.0. The lowest BCUT2D eigenvalue weighted by atomic mass is 10.1. The molecular formula is C11H10ClFN2O2S2. The lowest BCUT2D eigenvalue weighted by Crippen LogP contribution is -2.36. The average molecular weight is 321 g/mol. The number of halogens is 2. The van der Waals surface area contributed by atoms with E-state index in [-0.39, 0.29) is 28.6 Å². The molecule has 8 heteroatoms. The lowest BCUT2D eigenvalue weighted by molar-refractivity contribution is 0.600. The van der Waals surface area contributed by atoms with Gasteiger partial charge in [0.15, 0.2) is 14.9 Å². The van der Waals surface area contributed by atoms with Crippen LogP contribution >= 0.6 is 23.8 Å². The van der Waals surface area contributed by atoms with Crippen molar-refractivity contribution in [3.63, 3.8) is 0 Å². The molecule has 2 fully saturated rings. The van der Waals surface area contributed by atoms with Gasteiger partial charge in [-0.2, -0.15) is 0 Å². The van der Waals surface area contributed by atoms with E-state index in [0.717, 1.165) is 0 Å². The minimum atomic E-state index is -3.07. The average Bonchev–Trinajstić information content (AvgIpc) is 2.73. The Bertz CT molecular complexity index is 665. The number of rotatable bonds is 1. The molecule has 2 heterocycles. The SMILES string of the molecule is O=S1(=O)CC2NC(=S)N(c3ccc(Cl)c(F)c3)C2C1. The van der Waals surface area contributed by atoms with Crippen molar-refractivity contribution in [1.82, 2.24) is 5.32 Å². The summed E-state index contributed by atoms with van der Waals surface area (Å²) in [6.07, 6.45) is 0. The van der Waals surface area contributed by atoms with E-state index >= 15 is 0 Å². The summed E-state index contributed by atoms with van der Waals surface area (Å²) in [4.78, 5) is 1.66. The van der Waals surface area contributed by atoms with Crippen LogP contribution in [0.15, 0.2) is 18.2 Å². The Kier molecular flexibility index (Phi) is 2.95. The van der Waals surface area contributed by atoms with Crippen LogP contribution in [0.4, 0.5) is 10.1 Å². The number of nitrogens with one attached hydrogen (secondary N) is 1. The maximum absolute atomic E-state index is 13.5. The number of nitrogens with zero attached hydrogens (tertiary/aromatic N) is 1. The van der Waals surface area contributed by atoms with E-state index in [1.54, 1.807) is 11.0 Å². The van der Waals surface area contributed by atoms with Gasteiger partial charge in [-0.15, -0.1) is 0 Å². The fourth-order valence-corrected chi connectivity index (χ4v) is 4.94. The summed E-state index contributed by atoms with van der Waals surface area (Å²) in [5, 5.41) is 3.43. The Morgan fingerprint density at radius 1 is 1.42 bits per heavy atom. The van der Waals surface area contributed by atoms with Gasteiger partial charge in [-0.05, 0) is 30.4 Å². The van der Waals surface area contributed by atoms with Crippen LogP contribution < -0.4 is 10.2 Å². The smallest absolute Gasteiger partial charge is 0.174 e. The van der Waals surface area contributed by atoms with Gasteiger partial charge in [0.25, 0.3) is 0 Å². The van der Waals surface area contributed by atoms with Gasteiger partial charge in [0.05, 0.1) is 28.6 Å². The first kappa shape index (κ1) is 13.1. The number of anilines is 1. The molecule has 0 aromatic heterocycles. The lowest BCUT2D eigenvalue weighted by Gasteiger charge is -2.23. The number of fused-ring (bicyclic) bond motifs is 1. The van der Waals surface area contributed by atoms with Crippen molar-refractivity contribution in [2.45, 2.75) is 12.1 Å². The van der Waals surface area contributed by atoms with Gasteiger partial charge < -0.3 is 10.2 Å². The summed E-state index contributed by atoms with van der Waals surface area (Å²) in [5.74, 6) is -0.467. The molecule has 2 atom stereocenters. The highest BCUT2D eigenvalue weighted by Gasteiger charge is 2.47. The van der Waals surface area contributed by atoms with E-state index in [1.807, 2.05) is 0 Å². The number of sulfone groups is 1. The first-order valence-electron chi connectivity index (χ1n) is 5.62. The van der Waals surface area contributed by atoms with Crippen molar-refractivity contribution in [1.29, 1.82) is 0 Å². The molecule has 0 saturated carbocycles. The van der Waals surface area contributed by atoms with E-state index in [1.165, 1.54) is 12.1 Å². The molecule has 0 bridgehead atoms. The summed E-state index contributed by atoms with van der Waals surface area (Å²) < 4.78 is 36.8. The van der Waals surface area contributed by atoms with E-state index in [2.05, 4.69) is 5.32 Å². The van der Waals surface area contributed by atoms with E-state index in [0.29, 0.717) is 10.8 Å². The number of hydrogen-bond acceptors (Lipinski definition) is 3. The fourth-order valence-electron chi connectivity index (χ4n) is 2.54. The zero-order chi connectivity index (χ0) is 13.8. The predicted molar refractivity (Wildman–Crippen MR) is 75.9 cm³/mol. The van der Waals surface area contributed by atoms with Gasteiger partial charge >= 0.3 is 0 Å². The van der Waals surface area contributed by atoms with Gasteiger partial charge in [0.2, 0.25) is 0 Å². The number of thiocarbonyl (C=S) groups is 1. The first-order valence-corrected chi connectivity index (χ1v) is 8.23. The minimum absolute atomic E-state index is 0.0229. The van der Waals surface area contributed by atoms with Crippen LogP contribution in [0.5, 0.6) is 0 Å². The Hall–Kier alpha value is -0.920. The third-order valence-corrected chi connectivity index (χ3v) is 5.70. The molecule has 0 radical (unpaired) electrons. The van der Waals surface area contributed by atoms with Gasteiger partial charge in [-0.1, -0.05) is 11.6 Å². The number of hydrogen-bond donors (Lipinski definition) is 1. The Morgan fingerprint density at radius 3 is 2.84 bits per heavy atom. The third-order valence-electron chi connectivity index (χ3n) is 3.36. The second-order valence-corrected chi connectivity index (χ2v) is 7.62. The monoisotopic (exact) mass is 320 g/mol. The molecule has 102 valence electrons. The molecule has 2 unspecified atom stereocenters. The summed E-state index contributed by atoms with van der Waals surface area (Å²) in [7, 11) is -3.07. The highest BCUT2D eigenvalue weighted by Crippen LogP contribution is 2.31. The fraction of sp³-hybridized carbons (Fsp3) is 0.364. The summed E-state index contributed by atoms with van der Waals surface area (Å²) in [6.45, 7) is 0. The molecule has 19 heavy (non-hydrogen) atoms. The van der Waals surface area contributed by atoms with Crippen LogP contribution in [-0.4, -0.2) is 37.1 Å². The van der Waals surface area contributed by atoms with Crippen molar-refractivity contribution in [3.05, 3.63) is 29.0 Å². The minimum Gasteiger partial charge on any atom is -0.356 e. The largest absolute Gasteiger partial charge is 0.356 e. The molecular weight excluding hydrogens is 311 g/mol. The summed E-state index contributed by atoms with van der Waals surface area (Å²) in [6, 6.07) is 3.83. The van der Waals surface area contributed by atoms with Gasteiger partial charge in [0.1, 0.15) is 5.82 Å². The van der Waals surface area contributed by atoms with Crippen LogP contribution in [-0.2, 0) is 9.84 Å². The highest BCUT2D eigenvalue weighted by atomic mass is 35.5. The molecule has 2 aliphatic heterocycles. The standard InChI is InChI=1S/C11H10ClFN2O2S2/c12-7-2-1-6(3-8(7)13)15-10-5-19(16,17)4-9(10)14-11(15)18/h1-3,9-10H,4-5H2,(H,14,18). The topological polar surface area (TPSA) is 49.4 Å². The van der Waals surface area contributed by atoms with Gasteiger partial charge in [0, 0.05) is 5.69 Å². The van der Waals surface area contributed by atoms with Crippen molar-refractivity contribution >= 4 is 44.5 Å². The van der Waals surface area contributed by atoms with E-state index < -0.39 is 15.7 Å².